The number of rotatable bonds is 14. The van der Waals surface area contributed by atoms with Crippen LogP contribution in [0.2, 0.25) is 0 Å². The van der Waals surface area contributed by atoms with E-state index in [1.54, 1.807) is 0 Å². The molecule has 0 rings (SSSR count). The van der Waals surface area contributed by atoms with Gasteiger partial charge in [0.2, 0.25) is 0 Å². The monoisotopic (exact) mass is 546 g/mol. The van der Waals surface area contributed by atoms with Gasteiger partial charge in [-0.05, 0) is 20.3 Å². The Labute approximate surface area is 217 Å². The summed E-state index contributed by atoms with van der Waals surface area (Å²) in [5, 5.41) is 93.1. The molecule has 11 N–H and O–H groups in total. The van der Waals surface area contributed by atoms with E-state index in [0.29, 0.717) is 6.26 Å². The first kappa shape index (κ1) is 42.0. The maximum Gasteiger partial charge on any atom is 0.336 e. The molecule has 0 saturated carbocycles. The fraction of sp³-hybridized carbons (Fsp3) is 0.739. The number of aliphatic carboxylic acids is 1. The third kappa shape index (κ3) is 20.6. The zero-order valence-corrected chi connectivity index (χ0v) is 21.8. The van der Waals surface area contributed by atoms with E-state index in [2.05, 4.69) is 6.58 Å². The number of aliphatic hydroxyl groups is 10. The van der Waals surface area contributed by atoms with Gasteiger partial charge >= 0.3 is 11.9 Å². The fourth-order valence-corrected chi connectivity index (χ4v) is 1.26. The van der Waals surface area contributed by atoms with E-state index < -0.39 is 75.6 Å². The Morgan fingerprint density at radius 3 is 1.22 bits per heavy atom. The number of ether oxygens (including phenoxy) is 1. The molecule has 0 saturated heterocycles. The predicted octanol–water partition coefficient (Wildman–Crippen LogP) is -2.46. The summed E-state index contributed by atoms with van der Waals surface area (Å²) in [5.74, 6) is -1.50. The molecule has 1 unspecified atom stereocenters. The SMILES string of the molecule is C=C(C)C(=O)O.CCC(CO)COC(=O)C(C)=CO.OCC(CO)(CO)CO.OCC(CO)(CO)CO. The Hall–Kier alpha value is -2.14. The van der Waals surface area contributed by atoms with Crippen molar-refractivity contribution in [2.75, 3.05) is 66.1 Å². The Kier molecular flexibility index (Phi) is 28.9. The first-order chi connectivity index (χ1) is 17.3. The summed E-state index contributed by atoms with van der Waals surface area (Å²) >= 11 is 0. The van der Waals surface area contributed by atoms with Crippen molar-refractivity contribution in [2.24, 2.45) is 16.7 Å². The maximum absolute atomic E-state index is 11.0. The number of carbonyl (C=O) groups excluding carboxylic acids is 1. The summed E-state index contributed by atoms with van der Waals surface area (Å²) in [4.78, 5) is 20.6. The summed E-state index contributed by atoms with van der Waals surface area (Å²) in [6.45, 7) is 4.92. The largest absolute Gasteiger partial charge is 0.515 e. The standard InChI is InChI=1S/C9H16O4.2C5H12O4.C4H6O2/c1-3-8(5-11)6-13-9(12)7(2)4-10;2*6-1-5(2-7,3-8)4-9;1-3(2)4(5)6/h4,8,10-11H,3,5-6H2,1-2H3;2*6-9H,1-4H2;1H2,2H3,(H,5,6). The fourth-order valence-electron chi connectivity index (χ4n) is 1.26. The average molecular weight is 547 g/mol. The van der Waals surface area contributed by atoms with Gasteiger partial charge in [0.1, 0.15) is 0 Å². The zero-order valence-electron chi connectivity index (χ0n) is 21.8. The lowest BCUT2D eigenvalue weighted by molar-refractivity contribution is -0.141. The summed E-state index contributed by atoms with van der Waals surface area (Å²) in [6, 6.07) is 0. The normalized spacial score (nSPS) is 11.9. The van der Waals surface area contributed by atoms with Crippen molar-refractivity contribution in [2.45, 2.75) is 27.2 Å². The minimum absolute atomic E-state index is 0.00562. The van der Waals surface area contributed by atoms with Crippen molar-refractivity contribution in [3.63, 3.8) is 0 Å². The van der Waals surface area contributed by atoms with Crippen molar-refractivity contribution >= 4 is 11.9 Å². The van der Waals surface area contributed by atoms with Crippen LogP contribution in [-0.4, -0.2) is 134 Å². The van der Waals surface area contributed by atoms with E-state index in [4.69, 9.17) is 60.9 Å². The van der Waals surface area contributed by atoms with Crippen LogP contribution in [0.25, 0.3) is 0 Å². The highest BCUT2D eigenvalue weighted by atomic mass is 16.5. The Morgan fingerprint density at radius 1 is 0.784 bits per heavy atom. The van der Waals surface area contributed by atoms with Crippen LogP contribution in [-0.2, 0) is 14.3 Å². The van der Waals surface area contributed by atoms with Crippen molar-refractivity contribution in [3.8, 4) is 0 Å². The number of esters is 1. The zero-order chi connectivity index (χ0) is 30.1. The van der Waals surface area contributed by atoms with Crippen LogP contribution in [0, 0.1) is 16.7 Å². The minimum atomic E-state index is -1.11. The molecule has 222 valence electrons. The minimum Gasteiger partial charge on any atom is -0.515 e. The van der Waals surface area contributed by atoms with E-state index >= 15 is 0 Å². The lowest BCUT2D eigenvalue weighted by Crippen LogP contribution is -2.37. The molecule has 14 nitrogen and oxygen atoms in total. The molecule has 0 heterocycles. The summed E-state index contributed by atoms with van der Waals surface area (Å²) < 4.78 is 4.81. The van der Waals surface area contributed by atoms with Gasteiger partial charge in [-0.15, -0.1) is 0 Å². The van der Waals surface area contributed by atoms with Crippen LogP contribution in [0.3, 0.4) is 0 Å². The van der Waals surface area contributed by atoms with Crippen molar-refractivity contribution in [1.82, 2.24) is 0 Å². The third-order valence-corrected chi connectivity index (χ3v) is 4.85. The van der Waals surface area contributed by atoms with E-state index in [9.17, 15) is 9.59 Å². The van der Waals surface area contributed by atoms with Gasteiger partial charge in [0.05, 0.1) is 82.1 Å². The Morgan fingerprint density at radius 2 is 1.08 bits per heavy atom. The predicted molar refractivity (Wildman–Crippen MR) is 132 cm³/mol. The first-order valence-corrected chi connectivity index (χ1v) is 11.1. The van der Waals surface area contributed by atoms with Crippen molar-refractivity contribution < 1.29 is 70.5 Å². The molecule has 0 aliphatic heterocycles. The van der Waals surface area contributed by atoms with Gasteiger partial charge in [-0.1, -0.05) is 13.5 Å². The lowest BCUT2D eigenvalue weighted by atomic mass is 9.93. The van der Waals surface area contributed by atoms with Crippen LogP contribution in [0.4, 0.5) is 0 Å². The molecule has 0 aromatic heterocycles. The summed E-state index contributed by atoms with van der Waals surface area (Å²) in [6.07, 6.45) is 1.47. The van der Waals surface area contributed by atoms with Gasteiger partial charge < -0.3 is 60.9 Å². The second-order valence-electron chi connectivity index (χ2n) is 8.22. The van der Waals surface area contributed by atoms with Gasteiger partial charge in [0.15, 0.2) is 0 Å². The number of carboxylic acid groups (broad SMARTS) is 1. The van der Waals surface area contributed by atoms with Crippen LogP contribution in [0.5, 0.6) is 0 Å². The maximum atomic E-state index is 11.0. The van der Waals surface area contributed by atoms with Gasteiger partial charge in [-0.2, -0.15) is 0 Å². The summed E-state index contributed by atoms with van der Waals surface area (Å²) in [5.41, 5.74) is -1.89. The lowest BCUT2D eigenvalue weighted by Gasteiger charge is -2.23. The van der Waals surface area contributed by atoms with Gasteiger partial charge in [-0.3, -0.25) is 0 Å². The first-order valence-electron chi connectivity index (χ1n) is 11.1. The molecule has 0 aliphatic carbocycles. The second-order valence-corrected chi connectivity index (χ2v) is 8.22. The number of hydrogen-bond donors (Lipinski definition) is 11. The van der Waals surface area contributed by atoms with Gasteiger partial charge in [-0.25, -0.2) is 9.59 Å². The molecule has 0 bridgehead atoms. The van der Waals surface area contributed by atoms with E-state index in [0.717, 1.165) is 6.42 Å². The molecule has 1 atom stereocenters. The van der Waals surface area contributed by atoms with Gasteiger partial charge in [0.25, 0.3) is 0 Å². The molecule has 0 radical (unpaired) electrons. The highest BCUT2D eigenvalue weighted by molar-refractivity contribution is 5.87. The molecule has 0 spiro atoms. The van der Waals surface area contributed by atoms with Crippen molar-refractivity contribution in [1.29, 1.82) is 0 Å². The smallest absolute Gasteiger partial charge is 0.336 e. The number of carboxylic acids is 1. The average Bonchev–Trinajstić information content (AvgIpc) is 2.93. The quantitative estimate of drug-likeness (QED) is 0.0613. The van der Waals surface area contributed by atoms with Crippen LogP contribution in [0.15, 0.2) is 24.0 Å². The van der Waals surface area contributed by atoms with Crippen LogP contribution < -0.4 is 0 Å². The number of hydrogen-bond acceptors (Lipinski definition) is 13. The van der Waals surface area contributed by atoms with Crippen molar-refractivity contribution in [3.05, 3.63) is 24.0 Å². The molecule has 0 aromatic rings. The van der Waals surface area contributed by atoms with Crippen LogP contribution in [0.1, 0.15) is 27.2 Å². The molecule has 37 heavy (non-hydrogen) atoms. The molecular formula is C23H46O14. The topological polar surface area (TPSA) is 266 Å². The van der Waals surface area contributed by atoms with E-state index in [1.807, 2.05) is 6.92 Å². The highest BCUT2D eigenvalue weighted by Crippen LogP contribution is 2.12. The molecule has 0 aliphatic rings. The van der Waals surface area contributed by atoms with E-state index in [-0.39, 0.29) is 30.3 Å². The van der Waals surface area contributed by atoms with Gasteiger partial charge in [0, 0.05) is 18.1 Å². The summed E-state index contributed by atoms with van der Waals surface area (Å²) in [7, 11) is 0. The second kappa shape index (κ2) is 25.5. The van der Waals surface area contributed by atoms with Crippen LogP contribution >= 0.6 is 0 Å². The molecular weight excluding hydrogens is 500 g/mol. The number of aliphatic hydroxyl groups excluding tert-OH is 10. The van der Waals surface area contributed by atoms with E-state index in [1.165, 1.54) is 13.8 Å². The number of carbonyl (C=O) groups is 2. The Balaban J connectivity index is -0.000000203. The third-order valence-electron chi connectivity index (χ3n) is 4.85. The molecule has 14 heteroatoms. The molecule has 0 amide bonds. The molecule has 0 fully saturated rings. The highest BCUT2D eigenvalue weighted by Gasteiger charge is 2.27. The molecule has 0 aromatic carbocycles. The Bertz CT molecular complexity index is 542.